The molecule has 0 bridgehead atoms. The monoisotopic (exact) mass is 383 g/mol. The third-order valence-electron chi connectivity index (χ3n) is 2.54. The summed E-state index contributed by atoms with van der Waals surface area (Å²) in [5.41, 5.74) is 4.51. The second-order valence-corrected chi connectivity index (χ2v) is 5.29. The quantitative estimate of drug-likeness (QED) is 0.474. The molecule has 0 saturated heterocycles. The van der Waals surface area contributed by atoms with Gasteiger partial charge in [0.25, 0.3) is 5.91 Å². The van der Waals surface area contributed by atoms with Gasteiger partial charge in [-0.1, -0.05) is 0 Å². The minimum absolute atomic E-state index is 0.162. The van der Waals surface area contributed by atoms with Crippen LogP contribution in [0.5, 0.6) is 0 Å². The molecule has 104 valence electrons. The smallest absolute Gasteiger partial charge is 0.259 e. The second-order valence-electron chi connectivity index (χ2n) is 4.13. The van der Waals surface area contributed by atoms with Crippen LogP contribution in [0.3, 0.4) is 0 Å². The van der Waals surface area contributed by atoms with Crippen molar-refractivity contribution in [1.29, 1.82) is 0 Å². The Balaban J connectivity index is 1.78. The van der Waals surface area contributed by atoms with Gasteiger partial charge in [-0.2, -0.15) is 5.10 Å². The van der Waals surface area contributed by atoms with Crippen LogP contribution >= 0.6 is 22.6 Å². The minimum Gasteiger partial charge on any atom is -0.463 e. The number of benzene rings is 1. The van der Waals surface area contributed by atoms with Crippen molar-refractivity contribution >= 4 is 40.4 Å². The Morgan fingerprint density at radius 1 is 1.45 bits per heavy atom. The number of aryl methyl sites for hydroxylation is 1. The molecule has 6 heteroatoms. The van der Waals surface area contributed by atoms with Crippen molar-refractivity contribution in [3.8, 4) is 0 Å². The number of nitrogens with zero attached hydrogens (tertiary/aromatic N) is 1. The Hall–Kier alpha value is -1.83. The number of anilines is 1. The first-order valence-corrected chi connectivity index (χ1v) is 7.08. The van der Waals surface area contributed by atoms with E-state index in [1.54, 1.807) is 18.4 Å². The van der Waals surface area contributed by atoms with E-state index in [2.05, 4.69) is 38.4 Å². The lowest BCUT2D eigenvalue weighted by Gasteiger charge is -2.07. The minimum atomic E-state index is -0.219. The zero-order valence-electron chi connectivity index (χ0n) is 10.9. The summed E-state index contributed by atoms with van der Waals surface area (Å²) in [7, 11) is 0. The van der Waals surface area contributed by atoms with Gasteiger partial charge in [0.1, 0.15) is 5.76 Å². The van der Waals surface area contributed by atoms with Gasteiger partial charge < -0.3 is 9.73 Å². The maximum absolute atomic E-state index is 11.6. The fraction of sp³-hybridized carbons (Fsp3) is 0.143. The van der Waals surface area contributed by atoms with Crippen molar-refractivity contribution in [2.45, 2.75) is 6.92 Å². The molecule has 0 fully saturated rings. The summed E-state index contributed by atoms with van der Waals surface area (Å²) < 4.78 is 6.25. The maximum Gasteiger partial charge on any atom is 0.259 e. The Morgan fingerprint density at radius 3 is 3.00 bits per heavy atom. The third-order valence-corrected chi connectivity index (χ3v) is 3.75. The first kappa shape index (κ1) is 14.6. The van der Waals surface area contributed by atoms with Crippen LogP contribution in [0.2, 0.25) is 0 Å². The average Bonchev–Trinajstić information content (AvgIpc) is 2.93. The van der Waals surface area contributed by atoms with Gasteiger partial charge in [0.15, 0.2) is 0 Å². The molecule has 20 heavy (non-hydrogen) atoms. The van der Waals surface area contributed by atoms with Crippen LogP contribution in [0.1, 0.15) is 11.3 Å². The van der Waals surface area contributed by atoms with Crippen molar-refractivity contribution in [3.05, 3.63) is 51.5 Å². The number of hydrogen-bond acceptors (Lipinski definition) is 4. The number of nitrogens with one attached hydrogen (secondary N) is 2. The van der Waals surface area contributed by atoms with Gasteiger partial charge in [-0.15, -0.1) is 0 Å². The number of hydrazone groups is 1. The Kier molecular flexibility index (Phi) is 5.16. The summed E-state index contributed by atoms with van der Waals surface area (Å²) in [5, 5.41) is 6.84. The fourth-order valence-electron chi connectivity index (χ4n) is 1.51. The number of halogens is 1. The number of carbonyl (C=O) groups excluding carboxylic acids is 1. The predicted molar refractivity (Wildman–Crippen MR) is 86.8 cm³/mol. The first-order chi connectivity index (χ1) is 9.65. The molecular weight excluding hydrogens is 369 g/mol. The molecule has 0 atom stereocenters. The molecule has 0 unspecified atom stereocenters. The van der Waals surface area contributed by atoms with E-state index in [0.717, 1.165) is 5.69 Å². The summed E-state index contributed by atoms with van der Waals surface area (Å²) in [6.07, 6.45) is 3.00. The van der Waals surface area contributed by atoms with Gasteiger partial charge in [0, 0.05) is 9.26 Å². The van der Waals surface area contributed by atoms with Crippen molar-refractivity contribution in [1.82, 2.24) is 5.43 Å². The summed E-state index contributed by atoms with van der Waals surface area (Å²) in [6, 6.07) is 9.45. The van der Waals surface area contributed by atoms with Crippen LogP contribution in [-0.2, 0) is 4.79 Å². The van der Waals surface area contributed by atoms with Crippen LogP contribution in [0.4, 0.5) is 5.69 Å². The number of furan rings is 1. The Bertz CT molecular complexity index is 609. The van der Waals surface area contributed by atoms with E-state index in [9.17, 15) is 4.79 Å². The van der Waals surface area contributed by atoms with Crippen molar-refractivity contribution < 1.29 is 9.21 Å². The predicted octanol–water partition coefficient (Wildman–Crippen LogP) is 2.75. The van der Waals surface area contributed by atoms with Crippen LogP contribution in [0, 0.1) is 10.5 Å². The van der Waals surface area contributed by atoms with Crippen LogP contribution < -0.4 is 10.7 Å². The molecule has 0 aliphatic heterocycles. The molecule has 1 amide bonds. The highest BCUT2D eigenvalue weighted by Crippen LogP contribution is 2.16. The zero-order valence-corrected chi connectivity index (χ0v) is 13.0. The average molecular weight is 383 g/mol. The fourth-order valence-corrected chi connectivity index (χ4v) is 1.84. The Morgan fingerprint density at radius 2 is 2.30 bits per heavy atom. The molecule has 0 aliphatic rings. The van der Waals surface area contributed by atoms with Gasteiger partial charge in [0.2, 0.25) is 0 Å². The van der Waals surface area contributed by atoms with Gasteiger partial charge in [-0.3, -0.25) is 4.79 Å². The Labute approximate surface area is 130 Å². The molecule has 5 nitrogen and oxygen atoms in total. The summed E-state index contributed by atoms with van der Waals surface area (Å²) >= 11 is 2.27. The van der Waals surface area contributed by atoms with Crippen molar-refractivity contribution in [2.75, 3.05) is 11.9 Å². The lowest BCUT2D eigenvalue weighted by Crippen LogP contribution is -2.25. The van der Waals surface area contributed by atoms with E-state index in [4.69, 9.17) is 4.42 Å². The van der Waals surface area contributed by atoms with Gasteiger partial charge in [0.05, 0.1) is 19.0 Å². The lowest BCUT2D eigenvalue weighted by atomic mass is 10.2. The first-order valence-electron chi connectivity index (χ1n) is 6.00. The molecule has 0 radical (unpaired) electrons. The SMILES string of the molecule is Cc1cc(NCC(=O)NN=Cc2ccco2)ccc1I. The highest BCUT2D eigenvalue weighted by atomic mass is 127. The lowest BCUT2D eigenvalue weighted by molar-refractivity contribution is -0.119. The van der Waals surface area contributed by atoms with Crippen LogP contribution in [0.15, 0.2) is 46.1 Å². The summed E-state index contributed by atoms with van der Waals surface area (Å²) in [4.78, 5) is 11.6. The molecule has 0 saturated carbocycles. The standard InChI is InChI=1S/C14H14IN3O2/c1-10-7-11(4-5-13(10)15)16-9-14(19)18-17-8-12-3-2-6-20-12/h2-8,16H,9H2,1H3,(H,18,19). The van der Waals surface area contributed by atoms with E-state index in [1.807, 2.05) is 25.1 Å². The molecule has 1 aromatic carbocycles. The van der Waals surface area contributed by atoms with E-state index < -0.39 is 0 Å². The summed E-state index contributed by atoms with van der Waals surface area (Å²) in [5.74, 6) is 0.371. The number of hydrogen-bond donors (Lipinski definition) is 2. The van der Waals surface area contributed by atoms with Gasteiger partial charge in [-0.05, 0) is 65.4 Å². The van der Waals surface area contributed by atoms with Crippen molar-refractivity contribution in [2.24, 2.45) is 5.10 Å². The van der Waals surface area contributed by atoms with Crippen LogP contribution in [0.25, 0.3) is 0 Å². The molecule has 1 aromatic heterocycles. The molecule has 2 N–H and O–H groups in total. The largest absolute Gasteiger partial charge is 0.463 e. The highest BCUT2D eigenvalue weighted by molar-refractivity contribution is 14.1. The number of rotatable bonds is 5. The van der Waals surface area contributed by atoms with Gasteiger partial charge in [-0.25, -0.2) is 5.43 Å². The molecule has 2 aromatic rings. The molecular formula is C14H14IN3O2. The molecule has 1 heterocycles. The third kappa shape index (κ3) is 4.37. The van der Waals surface area contributed by atoms with E-state index in [0.29, 0.717) is 5.76 Å². The molecule has 0 aliphatic carbocycles. The normalized spacial score (nSPS) is 10.7. The second kappa shape index (κ2) is 7.09. The van der Waals surface area contributed by atoms with E-state index in [1.165, 1.54) is 15.3 Å². The van der Waals surface area contributed by atoms with Crippen LogP contribution in [-0.4, -0.2) is 18.7 Å². The molecule has 0 spiro atoms. The zero-order chi connectivity index (χ0) is 14.4. The highest BCUT2D eigenvalue weighted by Gasteiger charge is 2.01. The maximum atomic E-state index is 11.6. The van der Waals surface area contributed by atoms with Crippen molar-refractivity contribution in [3.63, 3.8) is 0 Å². The van der Waals surface area contributed by atoms with Gasteiger partial charge >= 0.3 is 0 Å². The molecule has 2 rings (SSSR count). The number of amides is 1. The van der Waals surface area contributed by atoms with E-state index in [-0.39, 0.29) is 12.5 Å². The topological polar surface area (TPSA) is 66.6 Å². The van der Waals surface area contributed by atoms with E-state index >= 15 is 0 Å². The number of carbonyl (C=O) groups is 1. The summed E-state index contributed by atoms with van der Waals surface area (Å²) in [6.45, 7) is 2.19.